The molecule has 2 aromatic carbocycles. The van der Waals surface area contributed by atoms with Crippen LogP contribution in [0.25, 0.3) is 6.08 Å². The molecule has 5 heteroatoms. The molecule has 4 nitrogen and oxygen atoms in total. The Balaban J connectivity index is 1.81. The summed E-state index contributed by atoms with van der Waals surface area (Å²) >= 11 is 6.02. The maximum absolute atomic E-state index is 12.3. The van der Waals surface area contributed by atoms with Crippen LogP contribution in [-0.2, 0) is 0 Å². The van der Waals surface area contributed by atoms with E-state index in [0.29, 0.717) is 16.3 Å². The predicted molar refractivity (Wildman–Crippen MR) is 87.0 cm³/mol. The van der Waals surface area contributed by atoms with Gasteiger partial charge in [-0.1, -0.05) is 48.0 Å². The van der Waals surface area contributed by atoms with Gasteiger partial charge in [-0.3, -0.25) is 9.69 Å². The first-order valence-corrected chi connectivity index (χ1v) is 7.15. The third-order valence-corrected chi connectivity index (χ3v) is 3.72. The molecule has 0 unspecified atom stereocenters. The lowest BCUT2D eigenvalue weighted by atomic mass is 10.0. The van der Waals surface area contributed by atoms with Gasteiger partial charge in [-0.2, -0.15) is 0 Å². The molecule has 2 amide bonds. The van der Waals surface area contributed by atoms with Crippen LogP contribution in [-0.4, -0.2) is 23.3 Å². The average Bonchev–Trinajstić information content (AvgIpc) is 2.69. The second kappa shape index (κ2) is 6.03. The van der Waals surface area contributed by atoms with E-state index in [4.69, 9.17) is 11.6 Å². The molecule has 22 heavy (non-hydrogen) atoms. The van der Waals surface area contributed by atoms with Crippen LogP contribution in [0.15, 0.2) is 54.7 Å². The monoisotopic (exact) mass is 312 g/mol. The number of carbonyl (C=O) groups excluding carboxylic acids is 2. The minimum Gasteiger partial charge on any atom is -0.306 e. The van der Waals surface area contributed by atoms with Gasteiger partial charge in [0.1, 0.15) is 0 Å². The highest BCUT2D eigenvalue weighted by atomic mass is 35.5. The molecule has 2 aromatic rings. The molecule has 0 saturated heterocycles. The number of carbonyl (C=O) groups is 2. The Morgan fingerprint density at radius 2 is 1.82 bits per heavy atom. The van der Waals surface area contributed by atoms with E-state index in [0.717, 1.165) is 5.56 Å². The van der Waals surface area contributed by atoms with E-state index in [1.54, 1.807) is 42.6 Å². The lowest BCUT2D eigenvalue weighted by Gasteiger charge is -2.17. The van der Waals surface area contributed by atoms with E-state index in [9.17, 15) is 9.59 Å². The number of ketones is 1. The van der Waals surface area contributed by atoms with Crippen molar-refractivity contribution in [2.75, 3.05) is 11.9 Å². The van der Waals surface area contributed by atoms with E-state index in [2.05, 4.69) is 5.32 Å². The number of hydrogen-bond donors (Lipinski definition) is 1. The van der Waals surface area contributed by atoms with Crippen molar-refractivity contribution < 1.29 is 9.59 Å². The van der Waals surface area contributed by atoms with Crippen LogP contribution in [0.2, 0.25) is 5.02 Å². The summed E-state index contributed by atoms with van der Waals surface area (Å²) < 4.78 is 0. The first kappa shape index (κ1) is 14.4. The number of hydrogen-bond acceptors (Lipinski definition) is 2. The fourth-order valence-corrected chi connectivity index (χ4v) is 2.43. The minimum absolute atomic E-state index is 0.0101. The second-order valence-corrected chi connectivity index (χ2v) is 5.27. The fraction of sp³-hybridized carbons (Fsp3) is 0.0588. The number of urea groups is 1. The van der Waals surface area contributed by atoms with Gasteiger partial charge < -0.3 is 5.32 Å². The van der Waals surface area contributed by atoms with Crippen LogP contribution in [0.1, 0.15) is 15.9 Å². The van der Waals surface area contributed by atoms with E-state index >= 15 is 0 Å². The molecule has 0 saturated carbocycles. The normalized spacial score (nSPS) is 13.5. The molecule has 0 bridgehead atoms. The molecule has 1 heterocycles. The van der Waals surface area contributed by atoms with Crippen molar-refractivity contribution in [1.29, 1.82) is 0 Å². The number of benzene rings is 2. The van der Waals surface area contributed by atoms with Crippen molar-refractivity contribution in [3.05, 3.63) is 70.9 Å². The topological polar surface area (TPSA) is 49.4 Å². The first-order valence-electron chi connectivity index (χ1n) is 6.78. The number of nitrogens with one attached hydrogen (secondary N) is 1. The average molecular weight is 313 g/mol. The third kappa shape index (κ3) is 2.87. The Hall–Kier alpha value is -2.59. The Labute approximate surface area is 133 Å². The SMILES string of the molecule is O=C1CN(C(=O)Nc2ccccc2Cl)C=Cc2ccccc21. The number of fused-ring (bicyclic) bond motifs is 1. The summed E-state index contributed by atoms with van der Waals surface area (Å²) in [5.74, 6) is -0.102. The molecule has 1 aliphatic heterocycles. The minimum atomic E-state index is -0.398. The summed E-state index contributed by atoms with van der Waals surface area (Å²) in [6, 6.07) is 13.8. The second-order valence-electron chi connectivity index (χ2n) is 4.86. The molecular weight excluding hydrogens is 300 g/mol. The molecule has 1 aliphatic rings. The number of halogens is 1. The molecule has 0 aromatic heterocycles. The summed E-state index contributed by atoms with van der Waals surface area (Å²) in [5, 5.41) is 3.15. The van der Waals surface area contributed by atoms with Crippen LogP contribution in [0.3, 0.4) is 0 Å². The zero-order valence-corrected chi connectivity index (χ0v) is 12.4. The number of para-hydroxylation sites is 1. The Morgan fingerprint density at radius 1 is 1.09 bits per heavy atom. The molecule has 3 rings (SSSR count). The smallest absolute Gasteiger partial charge is 0.306 e. The number of rotatable bonds is 1. The summed E-state index contributed by atoms with van der Waals surface area (Å²) in [5.41, 5.74) is 1.93. The quantitative estimate of drug-likeness (QED) is 0.864. The lowest BCUT2D eigenvalue weighted by molar-refractivity contribution is 0.0966. The summed E-state index contributed by atoms with van der Waals surface area (Å²) in [4.78, 5) is 25.9. The molecular formula is C17H13ClN2O2. The molecule has 0 aliphatic carbocycles. The van der Waals surface area contributed by atoms with Crippen LogP contribution < -0.4 is 5.32 Å². The standard InChI is InChI=1S/C17H13ClN2O2/c18-14-7-3-4-8-15(14)19-17(22)20-10-9-12-5-1-2-6-13(12)16(21)11-20/h1-10H,11H2,(H,19,22). The molecule has 110 valence electrons. The molecule has 0 radical (unpaired) electrons. The Bertz CT molecular complexity index is 771. The van der Waals surface area contributed by atoms with Crippen LogP contribution in [0.5, 0.6) is 0 Å². The van der Waals surface area contributed by atoms with Crippen molar-refractivity contribution in [3.8, 4) is 0 Å². The van der Waals surface area contributed by atoms with E-state index in [-0.39, 0.29) is 12.3 Å². The fourth-order valence-electron chi connectivity index (χ4n) is 2.25. The third-order valence-electron chi connectivity index (χ3n) is 3.39. The molecule has 0 atom stereocenters. The largest absolute Gasteiger partial charge is 0.326 e. The summed E-state index contributed by atoms with van der Waals surface area (Å²) in [6.07, 6.45) is 3.36. The highest BCUT2D eigenvalue weighted by Crippen LogP contribution is 2.22. The van der Waals surface area contributed by atoms with E-state index in [1.807, 2.05) is 18.2 Å². The lowest BCUT2D eigenvalue weighted by Crippen LogP contribution is -2.34. The van der Waals surface area contributed by atoms with Crippen molar-refractivity contribution in [2.45, 2.75) is 0 Å². The first-order chi connectivity index (χ1) is 10.6. The van der Waals surface area contributed by atoms with Gasteiger partial charge in [-0.05, 0) is 23.8 Å². The summed E-state index contributed by atoms with van der Waals surface area (Å²) in [6.45, 7) is -0.0101. The van der Waals surface area contributed by atoms with Gasteiger partial charge in [0.2, 0.25) is 0 Å². The van der Waals surface area contributed by atoms with E-state index in [1.165, 1.54) is 4.90 Å². The van der Waals surface area contributed by atoms with Crippen LogP contribution >= 0.6 is 11.6 Å². The van der Waals surface area contributed by atoms with Crippen LogP contribution in [0.4, 0.5) is 10.5 Å². The molecule has 1 N–H and O–H groups in total. The van der Waals surface area contributed by atoms with Crippen molar-refractivity contribution >= 4 is 35.2 Å². The molecule has 0 spiro atoms. The number of Topliss-reactive ketones (excluding diaryl/α,β-unsaturated/α-hetero) is 1. The van der Waals surface area contributed by atoms with Crippen molar-refractivity contribution in [1.82, 2.24) is 4.90 Å². The summed E-state index contributed by atoms with van der Waals surface area (Å²) in [7, 11) is 0. The van der Waals surface area contributed by atoms with Gasteiger partial charge in [0.25, 0.3) is 0 Å². The maximum atomic E-state index is 12.3. The van der Waals surface area contributed by atoms with Crippen LogP contribution in [0, 0.1) is 0 Å². The Morgan fingerprint density at radius 3 is 2.64 bits per heavy atom. The highest BCUT2D eigenvalue weighted by Gasteiger charge is 2.21. The van der Waals surface area contributed by atoms with Gasteiger partial charge in [0.15, 0.2) is 5.78 Å². The number of nitrogens with zero attached hydrogens (tertiary/aromatic N) is 1. The van der Waals surface area contributed by atoms with E-state index < -0.39 is 6.03 Å². The van der Waals surface area contributed by atoms with Gasteiger partial charge >= 0.3 is 6.03 Å². The van der Waals surface area contributed by atoms with Crippen molar-refractivity contribution in [3.63, 3.8) is 0 Å². The number of amides is 2. The van der Waals surface area contributed by atoms with Gasteiger partial charge in [0.05, 0.1) is 17.3 Å². The number of anilines is 1. The predicted octanol–water partition coefficient (Wildman–Crippen LogP) is 4.04. The highest BCUT2D eigenvalue weighted by molar-refractivity contribution is 6.33. The van der Waals surface area contributed by atoms with Gasteiger partial charge in [0, 0.05) is 11.8 Å². The van der Waals surface area contributed by atoms with Gasteiger partial charge in [-0.15, -0.1) is 0 Å². The maximum Gasteiger partial charge on any atom is 0.326 e. The molecule has 0 fully saturated rings. The zero-order valence-electron chi connectivity index (χ0n) is 11.6. The van der Waals surface area contributed by atoms with Gasteiger partial charge in [-0.25, -0.2) is 4.79 Å². The van der Waals surface area contributed by atoms with Crippen molar-refractivity contribution in [2.24, 2.45) is 0 Å². The zero-order chi connectivity index (χ0) is 15.5. The Kier molecular flexibility index (Phi) is 3.94.